The second kappa shape index (κ2) is 6.87. The van der Waals surface area contributed by atoms with Crippen LogP contribution in [0.25, 0.3) is 0 Å². The van der Waals surface area contributed by atoms with Gasteiger partial charge >= 0.3 is 0 Å². The van der Waals surface area contributed by atoms with Gasteiger partial charge in [0.1, 0.15) is 0 Å². The number of ether oxygens (including phenoxy) is 1. The Morgan fingerprint density at radius 1 is 1.38 bits per heavy atom. The molecule has 0 bridgehead atoms. The maximum Gasteiger partial charge on any atom is 0.228 e. The van der Waals surface area contributed by atoms with Gasteiger partial charge in [-0.25, -0.2) is 0 Å². The van der Waals surface area contributed by atoms with E-state index in [0.717, 1.165) is 17.6 Å². The third-order valence-corrected chi connectivity index (χ3v) is 5.50. The maximum atomic E-state index is 12.8. The minimum absolute atomic E-state index is 0.113. The second-order valence-electron chi connectivity index (χ2n) is 6.87. The highest BCUT2D eigenvalue weighted by Crippen LogP contribution is 2.37. The van der Waals surface area contributed by atoms with Crippen molar-refractivity contribution >= 4 is 17.5 Å². The van der Waals surface area contributed by atoms with Gasteiger partial charge in [0, 0.05) is 30.3 Å². The van der Waals surface area contributed by atoms with Gasteiger partial charge in [0.2, 0.25) is 5.91 Å². The molecule has 0 saturated carbocycles. The van der Waals surface area contributed by atoms with E-state index < -0.39 is 5.60 Å². The van der Waals surface area contributed by atoms with Crippen LogP contribution in [0.1, 0.15) is 31.7 Å². The van der Waals surface area contributed by atoms with Crippen molar-refractivity contribution in [3.63, 3.8) is 0 Å². The number of carbonyl (C=O) groups excluding carboxylic acids is 1. The van der Waals surface area contributed by atoms with E-state index in [-0.39, 0.29) is 17.9 Å². The van der Waals surface area contributed by atoms with Crippen molar-refractivity contribution in [1.29, 1.82) is 0 Å². The van der Waals surface area contributed by atoms with Crippen molar-refractivity contribution in [2.24, 2.45) is 5.92 Å². The number of halogens is 1. The number of hydrogen-bond donors (Lipinski definition) is 1. The highest BCUT2D eigenvalue weighted by Gasteiger charge is 2.41. The van der Waals surface area contributed by atoms with E-state index in [4.69, 9.17) is 16.3 Å². The quantitative estimate of drug-likeness (QED) is 0.853. The Hall–Kier alpha value is -1.36. The number of aliphatic hydroxyl groups is 1. The van der Waals surface area contributed by atoms with Gasteiger partial charge in [-0.2, -0.15) is 0 Å². The largest absolute Gasteiger partial charge is 0.385 e. The number of nitrogens with zero attached hydrogens (tertiary/aromatic N) is 1. The summed E-state index contributed by atoms with van der Waals surface area (Å²) in [6.45, 7) is 7.50. The van der Waals surface area contributed by atoms with E-state index in [1.807, 2.05) is 30.0 Å². The number of likely N-dealkylation sites (tertiary alicyclic amines) is 1. The van der Waals surface area contributed by atoms with E-state index in [9.17, 15) is 9.90 Å². The monoisotopic (exact) mass is 349 g/mol. The number of amides is 1. The molecule has 0 unspecified atom stereocenters. The van der Waals surface area contributed by atoms with Crippen LogP contribution in [0.5, 0.6) is 0 Å². The lowest BCUT2D eigenvalue weighted by molar-refractivity contribution is -0.141. The minimum Gasteiger partial charge on any atom is -0.385 e. The molecule has 2 aliphatic rings. The first-order valence-corrected chi connectivity index (χ1v) is 8.83. The Morgan fingerprint density at radius 2 is 2.04 bits per heavy atom. The molecule has 0 aliphatic carbocycles. The number of hydrogen-bond acceptors (Lipinski definition) is 3. The SMILES string of the molecule is C=C(C)[C@H]1OCC[C@H]1C(=O)N1CCC(O)(c2ccccc2Cl)CC1. The predicted octanol–water partition coefficient (Wildman–Crippen LogP) is 3.13. The first-order chi connectivity index (χ1) is 11.4. The molecule has 130 valence electrons. The number of carbonyl (C=O) groups is 1. The fourth-order valence-corrected chi connectivity index (χ4v) is 4.08. The summed E-state index contributed by atoms with van der Waals surface area (Å²) in [4.78, 5) is 14.7. The predicted molar refractivity (Wildman–Crippen MR) is 93.8 cm³/mol. The first kappa shape index (κ1) is 17.5. The second-order valence-corrected chi connectivity index (χ2v) is 7.28. The summed E-state index contributed by atoms with van der Waals surface area (Å²) < 4.78 is 5.65. The van der Waals surface area contributed by atoms with Crippen molar-refractivity contribution in [3.8, 4) is 0 Å². The van der Waals surface area contributed by atoms with Crippen molar-refractivity contribution in [2.45, 2.75) is 37.9 Å². The zero-order valence-corrected chi connectivity index (χ0v) is 14.8. The summed E-state index contributed by atoms with van der Waals surface area (Å²) >= 11 is 6.24. The van der Waals surface area contributed by atoms with Crippen LogP contribution in [0.2, 0.25) is 5.02 Å². The Morgan fingerprint density at radius 3 is 2.67 bits per heavy atom. The summed E-state index contributed by atoms with van der Waals surface area (Å²) in [5.74, 6) is -0.0317. The van der Waals surface area contributed by atoms with Gasteiger partial charge in [0.05, 0.1) is 17.6 Å². The Bertz CT molecular complexity index is 637. The van der Waals surface area contributed by atoms with Crippen molar-refractivity contribution in [3.05, 3.63) is 47.0 Å². The molecule has 2 aliphatic heterocycles. The van der Waals surface area contributed by atoms with E-state index in [1.54, 1.807) is 6.07 Å². The van der Waals surface area contributed by atoms with E-state index in [2.05, 4.69) is 6.58 Å². The molecule has 24 heavy (non-hydrogen) atoms. The summed E-state index contributed by atoms with van der Waals surface area (Å²) in [5.41, 5.74) is 0.688. The Balaban J connectivity index is 1.68. The number of piperidine rings is 1. The van der Waals surface area contributed by atoms with E-state index in [0.29, 0.717) is 37.6 Å². The van der Waals surface area contributed by atoms with Gasteiger partial charge in [-0.15, -0.1) is 0 Å². The van der Waals surface area contributed by atoms with Gasteiger partial charge < -0.3 is 14.7 Å². The molecular formula is C19H24ClNO3. The van der Waals surface area contributed by atoms with Crippen molar-refractivity contribution in [1.82, 2.24) is 4.90 Å². The summed E-state index contributed by atoms with van der Waals surface area (Å²) in [6.07, 6.45) is 1.55. The average Bonchev–Trinajstić information content (AvgIpc) is 3.05. The third-order valence-electron chi connectivity index (χ3n) is 5.17. The molecule has 2 fully saturated rings. The van der Waals surface area contributed by atoms with Gasteiger partial charge in [-0.05, 0) is 32.3 Å². The van der Waals surface area contributed by atoms with Crippen LogP contribution >= 0.6 is 11.6 Å². The average molecular weight is 350 g/mol. The molecule has 0 radical (unpaired) electrons. The lowest BCUT2D eigenvalue weighted by Crippen LogP contribution is -2.48. The fraction of sp³-hybridized carbons (Fsp3) is 0.526. The van der Waals surface area contributed by atoms with Gasteiger partial charge in [-0.3, -0.25) is 4.79 Å². The van der Waals surface area contributed by atoms with Gasteiger partial charge in [-0.1, -0.05) is 42.0 Å². The molecule has 3 rings (SSSR count). The minimum atomic E-state index is -0.963. The van der Waals surface area contributed by atoms with Crippen LogP contribution in [-0.2, 0) is 15.1 Å². The van der Waals surface area contributed by atoms with Crippen LogP contribution in [0.3, 0.4) is 0 Å². The molecule has 2 heterocycles. The number of rotatable bonds is 3. The molecular weight excluding hydrogens is 326 g/mol. The number of benzene rings is 1. The molecule has 5 heteroatoms. The molecule has 1 amide bonds. The topological polar surface area (TPSA) is 49.8 Å². The van der Waals surface area contributed by atoms with E-state index in [1.165, 1.54) is 0 Å². The lowest BCUT2D eigenvalue weighted by Gasteiger charge is -2.40. The van der Waals surface area contributed by atoms with E-state index >= 15 is 0 Å². The van der Waals surface area contributed by atoms with Crippen molar-refractivity contribution < 1.29 is 14.6 Å². The summed E-state index contributed by atoms with van der Waals surface area (Å²) in [7, 11) is 0. The summed E-state index contributed by atoms with van der Waals surface area (Å²) in [6, 6.07) is 7.39. The normalized spacial score (nSPS) is 26.4. The molecule has 1 aromatic rings. The zero-order chi connectivity index (χ0) is 17.3. The fourth-order valence-electron chi connectivity index (χ4n) is 3.77. The van der Waals surface area contributed by atoms with Crippen LogP contribution in [0.4, 0.5) is 0 Å². The van der Waals surface area contributed by atoms with Crippen LogP contribution in [0, 0.1) is 5.92 Å². The molecule has 0 aromatic heterocycles. The lowest BCUT2D eigenvalue weighted by atomic mass is 9.83. The van der Waals surface area contributed by atoms with Crippen LogP contribution in [-0.4, -0.2) is 41.7 Å². The molecule has 2 atom stereocenters. The van der Waals surface area contributed by atoms with Crippen LogP contribution in [0.15, 0.2) is 36.4 Å². The Labute approximate surface area is 148 Å². The first-order valence-electron chi connectivity index (χ1n) is 8.45. The standard InChI is InChI=1S/C19H24ClNO3/c1-13(2)17-14(7-12-24-17)18(22)21-10-8-19(23,9-11-21)15-5-3-4-6-16(15)20/h3-6,14,17,23H,1,7-12H2,2H3/t14-,17-/m1/s1. The molecule has 1 aromatic carbocycles. The maximum absolute atomic E-state index is 12.8. The third kappa shape index (κ3) is 3.23. The van der Waals surface area contributed by atoms with Gasteiger partial charge in [0.15, 0.2) is 0 Å². The van der Waals surface area contributed by atoms with Crippen molar-refractivity contribution in [2.75, 3.05) is 19.7 Å². The smallest absolute Gasteiger partial charge is 0.228 e. The summed E-state index contributed by atoms with van der Waals surface area (Å²) in [5, 5.41) is 11.5. The highest BCUT2D eigenvalue weighted by atomic mass is 35.5. The molecule has 4 nitrogen and oxygen atoms in total. The van der Waals surface area contributed by atoms with Gasteiger partial charge in [0.25, 0.3) is 0 Å². The molecule has 1 N–H and O–H groups in total. The molecule has 2 saturated heterocycles. The Kier molecular flexibility index (Phi) is 5.00. The van der Waals surface area contributed by atoms with Crippen LogP contribution < -0.4 is 0 Å². The highest BCUT2D eigenvalue weighted by molar-refractivity contribution is 6.31. The zero-order valence-electron chi connectivity index (χ0n) is 14.0. The molecule has 0 spiro atoms.